The topological polar surface area (TPSA) is 83.7 Å². The average molecular weight is 454 g/mol. The fourth-order valence-corrected chi connectivity index (χ4v) is 4.72. The van der Waals surface area contributed by atoms with Crippen molar-refractivity contribution in [3.63, 3.8) is 0 Å². The molecule has 0 radical (unpaired) electrons. The van der Waals surface area contributed by atoms with Crippen LogP contribution in [0.3, 0.4) is 0 Å². The van der Waals surface area contributed by atoms with Crippen molar-refractivity contribution in [2.45, 2.75) is 44.2 Å². The van der Waals surface area contributed by atoms with Crippen molar-refractivity contribution >= 4 is 11.4 Å². The molecule has 1 aromatic carbocycles. The molecular formula is C28H27N3O3. The third-order valence-electron chi connectivity index (χ3n) is 6.59. The van der Waals surface area contributed by atoms with Crippen molar-refractivity contribution in [1.82, 2.24) is 14.7 Å². The number of carbonyl (C=O) groups excluding carboxylic acids is 1. The lowest BCUT2D eigenvalue weighted by molar-refractivity contribution is 0.0716. The van der Waals surface area contributed by atoms with E-state index in [9.17, 15) is 14.7 Å². The van der Waals surface area contributed by atoms with Crippen LogP contribution in [0.5, 0.6) is 0 Å². The zero-order chi connectivity index (χ0) is 23.5. The summed E-state index contributed by atoms with van der Waals surface area (Å²) in [6, 6.07) is 19.1. The highest BCUT2D eigenvalue weighted by molar-refractivity contribution is 5.95. The summed E-state index contributed by atoms with van der Waals surface area (Å²) in [5.74, 6) is -0.428. The molecule has 1 fully saturated rings. The second kappa shape index (κ2) is 9.61. The van der Waals surface area contributed by atoms with Gasteiger partial charge in [0.25, 0.3) is 11.5 Å². The number of rotatable bonds is 5. The molecule has 0 aliphatic heterocycles. The number of amides is 1. The number of nitrogens with zero attached hydrogens (tertiary/aromatic N) is 2. The molecule has 1 saturated carbocycles. The van der Waals surface area contributed by atoms with Gasteiger partial charge in [-0.25, -0.2) is 0 Å². The standard InChI is InChI=1S/C28H27N3O3/c32-26-9-2-1-7-24(26)30-27(33)23-17-22(25-8-3-4-15-31(25)28(23)34)16-19-10-12-20(13-11-19)21-6-5-14-29-18-21/h3-6,8,10-15,17-18,24,26,32H,1-2,7,9,16H2,(H,30,33)/t24-,26-/m0/s1. The predicted octanol–water partition coefficient (Wildman–Crippen LogP) is 3.99. The van der Waals surface area contributed by atoms with Gasteiger partial charge in [0.2, 0.25) is 0 Å². The van der Waals surface area contributed by atoms with E-state index < -0.39 is 12.0 Å². The SMILES string of the molecule is O=C(N[C@H]1CCCC[C@@H]1O)c1cc(Cc2ccc(-c3cccnc3)cc2)c2ccccn2c1=O. The Labute approximate surface area is 197 Å². The van der Waals surface area contributed by atoms with Gasteiger partial charge in [-0.05, 0) is 65.8 Å². The second-order valence-electron chi connectivity index (χ2n) is 8.89. The van der Waals surface area contributed by atoms with Crippen LogP contribution in [-0.4, -0.2) is 32.5 Å². The molecule has 3 heterocycles. The number of hydrogen-bond donors (Lipinski definition) is 2. The second-order valence-corrected chi connectivity index (χ2v) is 8.89. The van der Waals surface area contributed by atoms with E-state index in [1.165, 1.54) is 4.40 Å². The molecule has 34 heavy (non-hydrogen) atoms. The maximum Gasteiger partial charge on any atom is 0.267 e. The van der Waals surface area contributed by atoms with Crippen LogP contribution in [-0.2, 0) is 6.42 Å². The van der Waals surface area contributed by atoms with Crippen molar-refractivity contribution in [2.75, 3.05) is 0 Å². The molecule has 6 heteroatoms. The van der Waals surface area contributed by atoms with Gasteiger partial charge in [-0.1, -0.05) is 49.2 Å². The van der Waals surface area contributed by atoms with Gasteiger partial charge < -0.3 is 10.4 Å². The molecule has 0 saturated heterocycles. The van der Waals surface area contributed by atoms with Crippen LogP contribution in [0.15, 0.2) is 84.0 Å². The quantitative estimate of drug-likeness (QED) is 0.479. The van der Waals surface area contributed by atoms with Crippen molar-refractivity contribution in [3.05, 3.63) is 106 Å². The van der Waals surface area contributed by atoms with Crippen LogP contribution in [0.2, 0.25) is 0 Å². The summed E-state index contributed by atoms with van der Waals surface area (Å²) in [5.41, 5.74) is 4.62. The normalized spacial score (nSPS) is 18.0. The highest BCUT2D eigenvalue weighted by atomic mass is 16.3. The van der Waals surface area contributed by atoms with Crippen LogP contribution in [0.4, 0.5) is 0 Å². The van der Waals surface area contributed by atoms with E-state index in [2.05, 4.69) is 34.6 Å². The fraction of sp³-hybridized carbons (Fsp3) is 0.250. The predicted molar refractivity (Wildman–Crippen MR) is 132 cm³/mol. The molecule has 5 rings (SSSR count). The van der Waals surface area contributed by atoms with Gasteiger partial charge in [-0.15, -0.1) is 0 Å². The van der Waals surface area contributed by atoms with Crippen LogP contribution in [0.1, 0.15) is 47.2 Å². The van der Waals surface area contributed by atoms with E-state index in [4.69, 9.17) is 0 Å². The minimum Gasteiger partial charge on any atom is -0.391 e. The molecule has 0 unspecified atom stereocenters. The zero-order valence-electron chi connectivity index (χ0n) is 18.9. The summed E-state index contributed by atoms with van der Waals surface area (Å²) >= 11 is 0. The highest BCUT2D eigenvalue weighted by Gasteiger charge is 2.26. The van der Waals surface area contributed by atoms with Gasteiger partial charge in [-0.2, -0.15) is 0 Å². The first-order chi connectivity index (χ1) is 16.6. The summed E-state index contributed by atoms with van der Waals surface area (Å²) in [7, 11) is 0. The maximum atomic E-state index is 13.1. The number of carbonyl (C=O) groups is 1. The Morgan fingerprint density at radius 1 is 1.03 bits per heavy atom. The number of pyridine rings is 3. The molecule has 4 aromatic rings. The summed E-state index contributed by atoms with van der Waals surface area (Å²) in [5, 5.41) is 13.2. The lowest BCUT2D eigenvalue weighted by Gasteiger charge is -2.28. The van der Waals surface area contributed by atoms with E-state index in [1.807, 2.05) is 30.5 Å². The Kier molecular flexibility index (Phi) is 6.23. The summed E-state index contributed by atoms with van der Waals surface area (Å²) in [6.07, 6.45) is 8.59. The molecule has 0 spiro atoms. The fourth-order valence-electron chi connectivity index (χ4n) is 4.72. The average Bonchev–Trinajstić information content (AvgIpc) is 2.88. The van der Waals surface area contributed by atoms with Gasteiger partial charge in [0, 0.05) is 18.6 Å². The number of aliphatic hydroxyl groups excluding tert-OH is 1. The van der Waals surface area contributed by atoms with Crippen LogP contribution < -0.4 is 10.9 Å². The van der Waals surface area contributed by atoms with Gasteiger partial charge in [0.1, 0.15) is 5.56 Å². The minimum absolute atomic E-state index is 0.100. The molecule has 2 N–H and O–H groups in total. The Balaban J connectivity index is 1.46. The largest absolute Gasteiger partial charge is 0.391 e. The summed E-state index contributed by atoms with van der Waals surface area (Å²) < 4.78 is 1.53. The van der Waals surface area contributed by atoms with E-state index in [-0.39, 0.29) is 17.2 Å². The van der Waals surface area contributed by atoms with Gasteiger partial charge in [0.15, 0.2) is 0 Å². The molecule has 1 amide bonds. The Morgan fingerprint density at radius 2 is 1.85 bits per heavy atom. The zero-order valence-corrected chi connectivity index (χ0v) is 18.9. The van der Waals surface area contributed by atoms with Crippen LogP contribution >= 0.6 is 0 Å². The maximum absolute atomic E-state index is 13.1. The number of aromatic nitrogens is 2. The Hall–Kier alpha value is -3.77. The molecule has 3 aromatic heterocycles. The van der Waals surface area contributed by atoms with Crippen molar-refractivity contribution in [3.8, 4) is 11.1 Å². The number of aliphatic hydroxyl groups is 1. The van der Waals surface area contributed by atoms with Crippen molar-refractivity contribution < 1.29 is 9.90 Å². The lowest BCUT2D eigenvalue weighted by atomic mass is 9.92. The summed E-state index contributed by atoms with van der Waals surface area (Å²) in [6.45, 7) is 0. The third kappa shape index (κ3) is 4.50. The number of benzene rings is 1. The number of nitrogens with one attached hydrogen (secondary N) is 1. The molecule has 6 nitrogen and oxygen atoms in total. The van der Waals surface area contributed by atoms with Gasteiger partial charge >= 0.3 is 0 Å². The highest BCUT2D eigenvalue weighted by Crippen LogP contribution is 2.22. The molecule has 172 valence electrons. The van der Waals surface area contributed by atoms with Crippen molar-refractivity contribution in [1.29, 1.82) is 0 Å². The third-order valence-corrected chi connectivity index (χ3v) is 6.59. The van der Waals surface area contributed by atoms with E-state index in [1.54, 1.807) is 24.5 Å². The Bertz CT molecular complexity index is 1360. The van der Waals surface area contributed by atoms with Gasteiger partial charge in [-0.3, -0.25) is 19.0 Å². The van der Waals surface area contributed by atoms with Crippen LogP contribution in [0.25, 0.3) is 16.6 Å². The molecule has 1 aliphatic rings. The van der Waals surface area contributed by atoms with Gasteiger partial charge in [0.05, 0.1) is 17.7 Å². The van der Waals surface area contributed by atoms with E-state index >= 15 is 0 Å². The molecule has 1 aliphatic carbocycles. The first kappa shape index (κ1) is 22.0. The molecule has 0 bridgehead atoms. The molecular weight excluding hydrogens is 426 g/mol. The lowest BCUT2D eigenvalue weighted by Crippen LogP contribution is -2.46. The number of fused-ring (bicyclic) bond motifs is 1. The monoisotopic (exact) mass is 453 g/mol. The number of hydrogen-bond acceptors (Lipinski definition) is 4. The van der Waals surface area contributed by atoms with E-state index in [0.717, 1.165) is 47.0 Å². The van der Waals surface area contributed by atoms with E-state index in [0.29, 0.717) is 12.8 Å². The molecule has 2 atom stereocenters. The minimum atomic E-state index is -0.571. The smallest absolute Gasteiger partial charge is 0.267 e. The first-order valence-electron chi connectivity index (χ1n) is 11.7. The van der Waals surface area contributed by atoms with Crippen molar-refractivity contribution in [2.24, 2.45) is 0 Å². The Morgan fingerprint density at radius 3 is 2.62 bits per heavy atom. The van der Waals surface area contributed by atoms with Crippen LogP contribution in [0, 0.1) is 0 Å². The first-order valence-corrected chi connectivity index (χ1v) is 11.7. The summed E-state index contributed by atoms with van der Waals surface area (Å²) in [4.78, 5) is 30.4.